The van der Waals surface area contributed by atoms with E-state index in [4.69, 9.17) is 24.2 Å². The number of halogens is 3. The Bertz CT molecular complexity index is 37.1. The number of hydrogen-bond acceptors (Lipinski definition) is 5. The van der Waals surface area contributed by atoms with Gasteiger partial charge in [0.25, 0.3) is 0 Å². The molecule has 0 aliphatic rings. The molecule has 0 aliphatic carbocycles. The van der Waals surface area contributed by atoms with Gasteiger partial charge in [0.2, 0.25) is 0 Å². The van der Waals surface area contributed by atoms with Gasteiger partial charge in [-0.15, -0.1) is 0 Å². The third-order valence-electron chi connectivity index (χ3n) is 0.264. The summed E-state index contributed by atoms with van der Waals surface area (Å²) in [7, 11) is 0. The summed E-state index contributed by atoms with van der Waals surface area (Å²) in [5.74, 6) is 0. The standard InChI is InChI=1S/C3H8O2.Al.3ClO.H2O/c1-3(5)2-4;;3*1-2;/h3-5H,2H2,1H3;;;;;1H2/q;+3;3*-1;. The Hall–Kier alpha value is 1.16. The maximum absolute atomic E-state index is 8.11. The Labute approximate surface area is 102 Å². The Kier molecular flexibility index (Phi) is 207. The first-order valence-corrected chi connectivity index (χ1v) is 2.95. The molecule has 0 radical (unpaired) electrons. The molecule has 0 aromatic heterocycles. The van der Waals surface area contributed by atoms with Crippen LogP contribution < -0.4 is 14.0 Å². The van der Waals surface area contributed by atoms with Crippen molar-refractivity contribution in [3.05, 3.63) is 0 Å². The zero-order chi connectivity index (χ0) is 10.3. The van der Waals surface area contributed by atoms with Gasteiger partial charge in [-0.1, -0.05) is 0 Å². The molecule has 0 saturated carbocycles. The van der Waals surface area contributed by atoms with E-state index in [1.807, 2.05) is 0 Å². The predicted octanol–water partition coefficient (Wildman–Crippen LogP) is -3.34. The summed E-state index contributed by atoms with van der Waals surface area (Å²) in [5, 5.41) is 16.0. The minimum absolute atomic E-state index is 0. The van der Waals surface area contributed by atoms with Gasteiger partial charge in [-0.05, 0) is 6.92 Å². The summed E-state index contributed by atoms with van der Waals surface area (Å²) < 4.78 is 23.2. The van der Waals surface area contributed by atoms with E-state index in [0.717, 1.165) is 0 Å². The van der Waals surface area contributed by atoms with Crippen LogP contribution in [0, 0.1) is 0 Å². The zero-order valence-electron chi connectivity index (χ0n) is 6.61. The molecular weight excluding hydrogens is 265 g/mol. The van der Waals surface area contributed by atoms with Crippen LogP contribution in [0.5, 0.6) is 0 Å². The third kappa shape index (κ3) is 164. The van der Waals surface area contributed by atoms with E-state index in [9.17, 15) is 0 Å². The van der Waals surface area contributed by atoms with Gasteiger partial charge in [0.1, 0.15) is 0 Å². The van der Waals surface area contributed by atoms with Crippen LogP contribution in [0.1, 0.15) is 6.92 Å². The van der Waals surface area contributed by atoms with Gasteiger partial charge in [0.05, 0.1) is 12.7 Å². The van der Waals surface area contributed by atoms with Crippen molar-refractivity contribution in [1.82, 2.24) is 0 Å². The quantitative estimate of drug-likeness (QED) is 0.481. The maximum atomic E-state index is 8.11. The van der Waals surface area contributed by atoms with Crippen LogP contribution in [-0.4, -0.2) is 45.8 Å². The molecule has 1 atom stereocenters. The summed E-state index contributed by atoms with van der Waals surface area (Å²) in [6.45, 7) is 1.39. The predicted molar refractivity (Wildman–Crippen MR) is 45.7 cm³/mol. The van der Waals surface area contributed by atoms with Gasteiger partial charge < -0.3 is 29.7 Å². The van der Waals surface area contributed by atoms with Crippen molar-refractivity contribution in [2.45, 2.75) is 13.0 Å². The van der Waals surface area contributed by atoms with Crippen LogP contribution in [-0.2, 0) is 0 Å². The van der Waals surface area contributed by atoms with Crippen molar-refractivity contribution in [2.75, 3.05) is 6.61 Å². The fourth-order valence-corrected chi connectivity index (χ4v) is 0. The molecule has 0 aliphatic heterocycles. The molecule has 0 amide bonds. The van der Waals surface area contributed by atoms with Crippen molar-refractivity contribution >= 4 is 53.0 Å². The molecule has 82 valence electrons. The zero-order valence-corrected chi connectivity index (χ0v) is 10.0. The molecule has 0 aromatic rings. The minimum Gasteiger partial charge on any atom is -0.769 e. The Balaban J connectivity index is -0.0000000135. The van der Waals surface area contributed by atoms with Crippen molar-refractivity contribution < 1.29 is 29.7 Å². The van der Waals surface area contributed by atoms with E-state index in [-0.39, 0.29) is 29.4 Å². The first kappa shape index (κ1) is 36.8. The molecule has 13 heavy (non-hydrogen) atoms. The fourth-order valence-electron chi connectivity index (χ4n) is 0. The molecule has 0 fully saturated rings. The normalized spacial score (nSPS) is 7.15. The third-order valence-corrected chi connectivity index (χ3v) is 0.264. The number of aliphatic hydroxyl groups is 2. The van der Waals surface area contributed by atoms with Crippen LogP contribution in [0.25, 0.3) is 0 Å². The first-order chi connectivity index (χ1) is 5.27. The molecule has 0 rings (SSSR count). The van der Waals surface area contributed by atoms with Gasteiger partial charge in [-0.25, -0.2) is 35.6 Å². The molecule has 0 heterocycles. The van der Waals surface area contributed by atoms with E-state index in [2.05, 4.69) is 35.6 Å². The minimum atomic E-state index is -0.560. The van der Waals surface area contributed by atoms with Crippen molar-refractivity contribution in [2.24, 2.45) is 0 Å². The maximum Gasteiger partial charge on any atom is 3.00 e. The monoisotopic (exact) mass is 274 g/mol. The van der Waals surface area contributed by atoms with E-state index in [1.54, 1.807) is 0 Å². The molecule has 1 unspecified atom stereocenters. The Morgan fingerprint density at radius 1 is 1.08 bits per heavy atom. The average molecular weight is 275 g/mol. The van der Waals surface area contributed by atoms with Crippen LogP contribution in [0.3, 0.4) is 0 Å². The average Bonchev–Trinajstić information content (AvgIpc) is 2.15. The van der Waals surface area contributed by atoms with Gasteiger partial charge >= 0.3 is 17.4 Å². The SMILES string of the molecule is CC(O)CO.O.[Al+3].[O-]Cl.[O-]Cl.[O-]Cl. The van der Waals surface area contributed by atoms with E-state index in [0.29, 0.717) is 0 Å². The molecule has 4 N–H and O–H groups in total. The van der Waals surface area contributed by atoms with E-state index in [1.165, 1.54) is 6.92 Å². The van der Waals surface area contributed by atoms with Crippen LogP contribution in [0.2, 0.25) is 0 Å². The van der Waals surface area contributed by atoms with Crippen molar-refractivity contribution in [3.8, 4) is 0 Å². The van der Waals surface area contributed by atoms with Gasteiger partial charge in [-0.3, -0.25) is 0 Å². The Morgan fingerprint density at radius 2 is 1.15 bits per heavy atom. The van der Waals surface area contributed by atoms with Crippen LogP contribution in [0.4, 0.5) is 0 Å². The second-order valence-corrected chi connectivity index (χ2v) is 1.03. The summed E-state index contributed by atoms with van der Waals surface area (Å²) in [6, 6.07) is 0. The van der Waals surface area contributed by atoms with Gasteiger partial charge in [0.15, 0.2) is 0 Å². The Morgan fingerprint density at radius 3 is 1.15 bits per heavy atom. The topological polar surface area (TPSA) is 141 Å². The molecule has 6 nitrogen and oxygen atoms in total. The second kappa shape index (κ2) is 73.1. The summed E-state index contributed by atoms with van der Waals surface area (Å²) >= 11 is 10.2. The summed E-state index contributed by atoms with van der Waals surface area (Å²) in [5.41, 5.74) is 0. The smallest absolute Gasteiger partial charge is 0.769 e. The van der Waals surface area contributed by atoms with Crippen LogP contribution in [0.15, 0.2) is 0 Å². The van der Waals surface area contributed by atoms with E-state index < -0.39 is 6.10 Å². The van der Waals surface area contributed by atoms with Gasteiger partial charge in [0, 0.05) is 0 Å². The largest absolute Gasteiger partial charge is 3.00 e. The molecule has 0 bridgehead atoms. The fraction of sp³-hybridized carbons (Fsp3) is 1.00. The van der Waals surface area contributed by atoms with Crippen molar-refractivity contribution in [3.63, 3.8) is 0 Å². The molecular formula is C3H10AlCl3O6. The molecule has 0 saturated heterocycles. The molecule has 10 heteroatoms. The van der Waals surface area contributed by atoms with Gasteiger partial charge in [-0.2, -0.15) is 0 Å². The number of hydrogen-bond donors (Lipinski definition) is 2. The summed E-state index contributed by atoms with van der Waals surface area (Å²) in [4.78, 5) is 0. The molecule has 0 spiro atoms. The van der Waals surface area contributed by atoms with E-state index >= 15 is 0 Å². The van der Waals surface area contributed by atoms with Crippen LogP contribution >= 0.6 is 35.6 Å². The second-order valence-electron chi connectivity index (χ2n) is 1.03. The first-order valence-electron chi connectivity index (χ1n) is 2.02. The number of rotatable bonds is 1. The number of aliphatic hydroxyl groups excluding tert-OH is 2. The van der Waals surface area contributed by atoms with Crippen molar-refractivity contribution in [1.29, 1.82) is 0 Å². The summed E-state index contributed by atoms with van der Waals surface area (Å²) in [6.07, 6.45) is -0.560. The molecule has 0 aromatic carbocycles.